The number of para-hydroxylation sites is 2. The number of imidazole rings is 1. The van der Waals surface area contributed by atoms with E-state index in [0.717, 1.165) is 47.4 Å². The van der Waals surface area contributed by atoms with E-state index in [0.29, 0.717) is 10.7 Å². The summed E-state index contributed by atoms with van der Waals surface area (Å²) in [6.07, 6.45) is 3.44. The lowest BCUT2D eigenvalue weighted by Gasteiger charge is -2.30. The fourth-order valence-electron chi connectivity index (χ4n) is 3.99. The van der Waals surface area contributed by atoms with Crippen molar-refractivity contribution in [3.05, 3.63) is 53.1 Å². The van der Waals surface area contributed by atoms with E-state index in [1.54, 1.807) is 0 Å². The number of benzene rings is 2. The number of amides is 1. The monoisotopic (exact) mass is 443 g/mol. The number of hydrogen-bond donors (Lipinski definition) is 2. The van der Waals surface area contributed by atoms with E-state index >= 15 is 0 Å². The van der Waals surface area contributed by atoms with Crippen molar-refractivity contribution in [1.29, 1.82) is 0 Å². The number of anilines is 1. The van der Waals surface area contributed by atoms with Crippen molar-refractivity contribution < 1.29 is 9.90 Å². The van der Waals surface area contributed by atoms with Gasteiger partial charge in [-0.3, -0.25) is 4.79 Å². The number of aliphatic hydroxyl groups is 1. The van der Waals surface area contributed by atoms with E-state index in [1.165, 1.54) is 11.8 Å². The molecule has 1 amide bonds. The van der Waals surface area contributed by atoms with E-state index in [1.807, 2.05) is 56.3 Å². The van der Waals surface area contributed by atoms with Crippen LogP contribution in [0.4, 0.5) is 5.69 Å². The van der Waals surface area contributed by atoms with Gasteiger partial charge in [-0.1, -0.05) is 54.4 Å². The number of nitrogens with zero attached hydrogens (tertiary/aromatic N) is 2. The van der Waals surface area contributed by atoms with Gasteiger partial charge in [0, 0.05) is 0 Å². The molecule has 3 atom stereocenters. The summed E-state index contributed by atoms with van der Waals surface area (Å²) in [6.45, 7) is 3.82. The van der Waals surface area contributed by atoms with E-state index in [4.69, 9.17) is 16.6 Å². The molecule has 3 unspecified atom stereocenters. The molecule has 2 aromatic carbocycles. The highest BCUT2D eigenvalue weighted by Crippen LogP contribution is 2.37. The van der Waals surface area contributed by atoms with E-state index in [9.17, 15) is 9.90 Å². The Morgan fingerprint density at radius 2 is 2.03 bits per heavy atom. The third kappa shape index (κ3) is 4.36. The molecule has 1 saturated carbocycles. The number of aliphatic hydroxyl groups excluding tert-OH is 1. The number of hydrogen-bond acceptors (Lipinski definition) is 4. The molecule has 1 aliphatic rings. The normalized spacial score (nSPS) is 20.3. The van der Waals surface area contributed by atoms with Crippen molar-refractivity contribution in [1.82, 2.24) is 9.55 Å². The Morgan fingerprint density at radius 1 is 1.27 bits per heavy atom. The zero-order valence-electron chi connectivity index (χ0n) is 17.1. The smallest absolute Gasteiger partial charge is 0.237 e. The number of nitrogens with one attached hydrogen (secondary N) is 1. The summed E-state index contributed by atoms with van der Waals surface area (Å²) in [5, 5.41) is 14.5. The first-order valence-corrected chi connectivity index (χ1v) is 11.6. The number of fused-ring (bicyclic) bond motifs is 1. The fourth-order valence-corrected chi connectivity index (χ4v) is 5.25. The Hall–Kier alpha value is -2.02. The summed E-state index contributed by atoms with van der Waals surface area (Å²) in [4.78, 5) is 17.6. The summed E-state index contributed by atoms with van der Waals surface area (Å²) < 4.78 is 2.13. The number of rotatable bonds is 5. The third-order valence-corrected chi connectivity index (χ3v) is 7.00. The van der Waals surface area contributed by atoms with Crippen LogP contribution < -0.4 is 5.32 Å². The van der Waals surface area contributed by atoms with Crippen molar-refractivity contribution >= 4 is 46.0 Å². The van der Waals surface area contributed by atoms with Crippen LogP contribution in [0.25, 0.3) is 11.0 Å². The molecule has 1 aliphatic carbocycles. The van der Waals surface area contributed by atoms with Crippen LogP contribution in [0.2, 0.25) is 5.02 Å². The molecule has 3 aromatic rings. The second-order valence-electron chi connectivity index (χ2n) is 7.90. The molecule has 7 heteroatoms. The highest BCUT2D eigenvalue weighted by atomic mass is 35.5. The van der Waals surface area contributed by atoms with Gasteiger partial charge in [-0.2, -0.15) is 0 Å². The van der Waals surface area contributed by atoms with Gasteiger partial charge < -0.3 is 15.0 Å². The fraction of sp³-hybridized carbons (Fsp3) is 0.391. The average molecular weight is 444 g/mol. The molecule has 1 aromatic heterocycles. The number of carbonyl (C=O) groups is 1. The summed E-state index contributed by atoms with van der Waals surface area (Å²) in [7, 11) is 0. The minimum Gasteiger partial charge on any atom is -0.391 e. The Labute approximate surface area is 185 Å². The average Bonchev–Trinajstić information content (AvgIpc) is 3.08. The maximum absolute atomic E-state index is 12.8. The Balaban J connectivity index is 1.59. The van der Waals surface area contributed by atoms with Gasteiger partial charge in [-0.25, -0.2) is 4.98 Å². The molecule has 0 aliphatic heterocycles. The molecule has 0 bridgehead atoms. The van der Waals surface area contributed by atoms with Crippen LogP contribution in [0.15, 0.2) is 47.6 Å². The van der Waals surface area contributed by atoms with Gasteiger partial charge in [0.05, 0.1) is 39.1 Å². The van der Waals surface area contributed by atoms with Crippen molar-refractivity contribution in [2.75, 3.05) is 5.32 Å². The first kappa shape index (κ1) is 21.2. The van der Waals surface area contributed by atoms with Crippen LogP contribution in [0.5, 0.6) is 0 Å². The molecule has 2 N–H and O–H groups in total. The number of aryl methyl sites for hydroxylation is 1. The van der Waals surface area contributed by atoms with Gasteiger partial charge in [0.15, 0.2) is 5.16 Å². The van der Waals surface area contributed by atoms with Gasteiger partial charge in [0.2, 0.25) is 5.91 Å². The number of halogens is 1. The van der Waals surface area contributed by atoms with Crippen LogP contribution in [0.3, 0.4) is 0 Å². The lowest BCUT2D eigenvalue weighted by molar-refractivity contribution is -0.115. The molecule has 0 radical (unpaired) electrons. The molecule has 30 heavy (non-hydrogen) atoms. The van der Waals surface area contributed by atoms with E-state index in [-0.39, 0.29) is 17.2 Å². The molecular formula is C23H26ClN3O2S. The van der Waals surface area contributed by atoms with E-state index < -0.39 is 6.10 Å². The molecular weight excluding hydrogens is 418 g/mol. The lowest BCUT2D eigenvalue weighted by atomic mass is 9.92. The molecule has 158 valence electrons. The zero-order valence-corrected chi connectivity index (χ0v) is 18.7. The highest BCUT2D eigenvalue weighted by molar-refractivity contribution is 8.00. The highest BCUT2D eigenvalue weighted by Gasteiger charge is 2.29. The standard InChI is InChI=1S/C23H26ClN3O2S/c1-14-11-12-17(16(24)13-14)25-22(29)15(2)30-23-26-18-7-3-4-8-19(18)27(23)20-9-5-6-10-21(20)28/h3-4,7-8,11-13,15,20-21,28H,5-6,9-10H2,1-2H3,(H,25,29). The minimum atomic E-state index is -0.397. The van der Waals surface area contributed by atoms with Gasteiger partial charge >= 0.3 is 0 Å². The van der Waals surface area contributed by atoms with Gasteiger partial charge in [-0.15, -0.1) is 0 Å². The van der Waals surface area contributed by atoms with Gasteiger partial charge in [-0.05, 0) is 56.5 Å². The summed E-state index contributed by atoms with van der Waals surface area (Å²) >= 11 is 7.68. The van der Waals surface area contributed by atoms with E-state index in [2.05, 4.69) is 9.88 Å². The number of aromatic nitrogens is 2. The Morgan fingerprint density at radius 3 is 2.80 bits per heavy atom. The molecule has 1 fully saturated rings. The first-order chi connectivity index (χ1) is 14.4. The van der Waals surface area contributed by atoms with Crippen molar-refractivity contribution in [3.8, 4) is 0 Å². The Kier molecular flexibility index (Phi) is 6.37. The summed E-state index contributed by atoms with van der Waals surface area (Å²) in [5.74, 6) is -0.131. The summed E-state index contributed by atoms with van der Waals surface area (Å²) in [5.41, 5.74) is 3.53. The topological polar surface area (TPSA) is 67.2 Å². The van der Waals surface area contributed by atoms with Crippen molar-refractivity contribution in [2.24, 2.45) is 0 Å². The second kappa shape index (κ2) is 9.00. The van der Waals surface area contributed by atoms with Crippen LogP contribution in [-0.2, 0) is 4.79 Å². The minimum absolute atomic E-state index is 0.0181. The van der Waals surface area contributed by atoms with Crippen LogP contribution in [0.1, 0.15) is 44.2 Å². The first-order valence-electron chi connectivity index (χ1n) is 10.3. The van der Waals surface area contributed by atoms with Crippen LogP contribution >= 0.6 is 23.4 Å². The number of thioether (sulfide) groups is 1. The van der Waals surface area contributed by atoms with Gasteiger partial charge in [0.1, 0.15) is 0 Å². The van der Waals surface area contributed by atoms with Crippen molar-refractivity contribution in [2.45, 2.75) is 62.1 Å². The molecule has 4 rings (SSSR count). The van der Waals surface area contributed by atoms with Crippen LogP contribution in [-0.4, -0.2) is 31.9 Å². The van der Waals surface area contributed by atoms with Crippen LogP contribution in [0, 0.1) is 6.92 Å². The van der Waals surface area contributed by atoms with Gasteiger partial charge in [0.25, 0.3) is 0 Å². The maximum atomic E-state index is 12.8. The zero-order chi connectivity index (χ0) is 21.3. The predicted octanol–water partition coefficient (Wildman–Crippen LogP) is 5.59. The third-order valence-electron chi connectivity index (χ3n) is 5.62. The quantitative estimate of drug-likeness (QED) is 0.504. The predicted molar refractivity (Wildman–Crippen MR) is 123 cm³/mol. The molecule has 0 spiro atoms. The number of carbonyl (C=O) groups excluding carboxylic acids is 1. The maximum Gasteiger partial charge on any atom is 0.237 e. The molecule has 5 nitrogen and oxygen atoms in total. The lowest BCUT2D eigenvalue weighted by Crippen LogP contribution is -2.29. The van der Waals surface area contributed by atoms with Crippen molar-refractivity contribution in [3.63, 3.8) is 0 Å². The molecule has 1 heterocycles. The Bertz CT molecular complexity index is 1070. The summed E-state index contributed by atoms with van der Waals surface area (Å²) in [6, 6.07) is 13.5. The molecule has 0 saturated heterocycles. The SMILES string of the molecule is Cc1ccc(NC(=O)C(C)Sc2nc3ccccc3n2C2CCCCC2O)c(Cl)c1. The largest absolute Gasteiger partial charge is 0.391 e. The second-order valence-corrected chi connectivity index (χ2v) is 9.62.